The SMILES string of the molecule is CCN(Cc1ccccc1)C(=O)CSc1nc2ccsc2c(=O)n1Cc1ccc2c(c1)OCO2. The molecule has 7 nitrogen and oxygen atoms in total. The maximum absolute atomic E-state index is 13.3. The first-order valence-electron chi connectivity index (χ1n) is 10.9. The number of aromatic nitrogens is 2. The number of hydrogen-bond acceptors (Lipinski definition) is 7. The standard InChI is InChI=1S/C25H23N3O4S2/c1-2-27(13-17-6-4-3-5-7-17)22(29)15-34-25-26-19-10-11-33-23(19)24(30)28(25)14-18-8-9-20-21(12-18)32-16-31-20/h3-12H,2,13-16H2,1H3. The van der Waals surface area contributed by atoms with Gasteiger partial charge in [-0.1, -0.05) is 48.2 Å². The van der Waals surface area contributed by atoms with Gasteiger partial charge in [0.2, 0.25) is 12.7 Å². The molecule has 0 bridgehead atoms. The Morgan fingerprint density at radius 3 is 2.76 bits per heavy atom. The molecule has 0 saturated heterocycles. The van der Waals surface area contributed by atoms with Crippen molar-refractivity contribution in [3.63, 3.8) is 0 Å². The van der Waals surface area contributed by atoms with Gasteiger partial charge in [0.15, 0.2) is 16.7 Å². The van der Waals surface area contributed by atoms with Crippen LogP contribution in [-0.4, -0.2) is 39.4 Å². The van der Waals surface area contributed by atoms with Crippen LogP contribution in [0.1, 0.15) is 18.1 Å². The Kier molecular flexibility index (Phi) is 6.55. The third-order valence-electron chi connectivity index (χ3n) is 5.58. The van der Waals surface area contributed by atoms with Crippen LogP contribution in [0.5, 0.6) is 11.5 Å². The number of fused-ring (bicyclic) bond motifs is 2. The van der Waals surface area contributed by atoms with Gasteiger partial charge in [-0.3, -0.25) is 14.2 Å². The van der Waals surface area contributed by atoms with Gasteiger partial charge in [0, 0.05) is 13.1 Å². The molecule has 4 aromatic rings. The highest BCUT2D eigenvalue weighted by Gasteiger charge is 2.19. The molecule has 2 aromatic heterocycles. The third kappa shape index (κ3) is 4.67. The van der Waals surface area contributed by atoms with E-state index in [1.165, 1.54) is 23.1 Å². The number of benzene rings is 2. The Labute approximate surface area is 204 Å². The number of carbonyl (C=O) groups is 1. The predicted molar refractivity (Wildman–Crippen MR) is 134 cm³/mol. The van der Waals surface area contributed by atoms with E-state index in [4.69, 9.17) is 14.5 Å². The molecule has 0 atom stereocenters. The highest BCUT2D eigenvalue weighted by Crippen LogP contribution is 2.33. The molecule has 5 rings (SSSR count). The van der Waals surface area contributed by atoms with E-state index in [2.05, 4.69) is 0 Å². The van der Waals surface area contributed by atoms with Crippen LogP contribution in [0.4, 0.5) is 0 Å². The first-order chi connectivity index (χ1) is 16.6. The monoisotopic (exact) mass is 493 g/mol. The largest absolute Gasteiger partial charge is 0.454 e. The number of hydrogen-bond donors (Lipinski definition) is 0. The lowest BCUT2D eigenvalue weighted by Crippen LogP contribution is -2.32. The number of ether oxygens (including phenoxy) is 2. The molecule has 1 aliphatic rings. The highest BCUT2D eigenvalue weighted by molar-refractivity contribution is 7.99. The molecular weight excluding hydrogens is 470 g/mol. The minimum absolute atomic E-state index is 0.00523. The molecular formula is C25H23N3O4S2. The van der Waals surface area contributed by atoms with Crippen LogP contribution >= 0.6 is 23.1 Å². The summed E-state index contributed by atoms with van der Waals surface area (Å²) in [6.45, 7) is 3.65. The second-order valence-corrected chi connectivity index (χ2v) is 9.65. The minimum atomic E-state index is -0.107. The van der Waals surface area contributed by atoms with Crippen molar-refractivity contribution in [3.8, 4) is 11.5 Å². The summed E-state index contributed by atoms with van der Waals surface area (Å²) in [7, 11) is 0. The van der Waals surface area contributed by atoms with E-state index in [1.807, 2.05) is 71.8 Å². The van der Waals surface area contributed by atoms with Crippen molar-refractivity contribution in [1.29, 1.82) is 0 Å². The summed E-state index contributed by atoms with van der Waals surface area (Å²) in [5.41, 5.74) is 2.53. The Hall–Kier alpha value is -3.30. The van der Waals surface area contributed by atoms with E-state index < -0.39 is 0 Å². The van der Waals surface area contributed by atoms with Crippen LogP contribution in [0.2, 0.25) is 0 Å². The van der Waals surface area contributed by atoms with Crippen LogP contribution in [0.15, 0.2) is 69.9 Å². The minimum Gasteiger partial charge on any atom is -0.454 e. The lowest BCUT2D eigenvalue weighted by Gasteiger charge is -2.21. The molecule has 0 N–H and O–H groups in total. The molecule has 0 saturated carbocycles. The molecule has 0 radical (unpaired) electrons. The van der Waals surface area contributed by atoms with Gasteiger partial charge >= 0.3 is 0 Å². The Morgan fingerprint density at radius 1 is 1.12 bits per heavy atom. The maximum atomic E-state index is 13.3. The summed E-state index contributed by atoms with van der Waals surface area (Å²) in [5.74, 6) is 1.57. The molecule has 3 heterocycles. The molecule has 9 heteroatoms. The average Bonchev–Trinajstić information content (AvgIpc) is 3.53. The summed E-state index contributed by atoms with van der Waals surface area (Å²) in [6, 6.07) is 17.4. The van der Waals surface area contributed by atoms with Crippen LogP contribution in [0, 0.1) is 0 Å². The second-order valence-electron chi connectivity index (χ2n) is 7.79. The Bertz CT molecular complexity index is 1380. The molecule has 0 unspecified atom stereocenters. The van der Waals surface area contributed by atoms with Gasteiger partial charge in [-0.25, -0.2) is 4.98 Å². The zero-order valence-electron chi connectivity index (χ0n) is 18.6. The van der Waals surface area contributed by atoms with E-state index in [1.54, 1.807) is 4.57 Å². The molecule has 34 heavy (non-hydrogen) atoms. The third-order valence-corrected chi connectivity index (χ3v) is 7.44. The number of nitrogens with zero attached hydrogens (tertiary/aromatic N) is 3. The highest BCUT2D eigenvalue weighted by atomic mass is 32.2. The van der Waals surface area contributed by atoms with Crippen LogP contribution < -0.4 is 15.0 Å². The summed E-state index contributed by atoms with van der Waals surface area (Å²) < 4.78 is 13.1. The van der Waals surface area contributed by atoms with Gasteiger partial charge in [0.05, 0.1) is 17.8 Å². The summed E-state index contributed by atoms with van der Waals surface area (Å²) >= 11 is 2.67. The van der Waals surface area contributed by atoms with Crippen LogP contribution in [0.25, 0.3) is 10.2 Å². The Morgan fingerprint density at radius 2 is 1.94 bits per heavy atom. The Balaban J connectivity index is 1.39. The predicted octanol–water partition coefficient (Wildman–Crippen LogP) is 4.38. The molecule has 0 spiro atoms. The van der Waals surface area contributed by atoms with E-state index in [9.17, 15) is 9.59 Å². The fourth-order valence-corrected chi connectivity index (χ4v) is 5.47. The average molecular weight is 494 g/mol. The van der Waals surface area contributed by atoms with Gasteiger partial charge in [0.1, 0.15) is 4.70 Å². The van der Waals surface area contributed by atoms with E-state index >= 15 is 0 Å². The first-order valence-corrected chi connectivity index (χ1v) is 12.8. The number of amides is 1. The smallest absolute Gasteiger partial charge is 0.272 e. The molecule has 1 amide bonds. The van der Waals surface area contributed by atoms with Crippen LogP contribution in [-0.2, 0) is 17.9 Å². The van der Waals surface area contributed by atoms with Crippen molar-refractivity contribution >= 4 is 39.2 Å². The quantitative estimate of drug-likeness (QED) is 0.268. The van der Waals surface area contributed by atoms with Crippen molar-refractivity contribution in [2.75, 3.05) is 19.1 Å². The van der Waals surface area contributed by atoms with Crippen molar-refractivity contribution in [1.82, 2.24) is 14.5 Å². The number of thiophene rings is 1. The van der Waals surface area contributed by atoms with Gasteiger partial charge in [-0.2, -0.15) is 0 Å². The van der Waals surface area contributed by atoms with Gasteiger partial charge in [-0.15, -0.1) is 11.3 Å². The zero-order chi connectivity index (χ0) is 23.5. The number of carbonyl (C=O) groups excluding carboxylic acids is 1. The molecule has 174 valence electrons. The molecule has 0 aliphatic carbocycles. The lowest BCUT2D eigenvalue weighted by molar-refractivity contribution is -0.128. The van der Waals surface area contributed by atoms with Crippen molar-refractivity contribution < 1.29 is 14.3 Å². The second kappa shape index (κ2) is 9.90. The van der Waals surface area contributed by atoms with Crippen molar-refractivity contribution in [2.45, 2.75) is 25.2 Å². The number of thioether (sulfide) groups is 1. The number of rotatable bonds is 8. The van der Waals surface area contributed by atoms with Crippen LogP contribution in [0.3, 0.4) is 0 Å². The van der Waals surface area contributed by atoms with E-state index in [0.717, 1.165) is 11.1 Å². The lowest BCUT2D eigenvalue weighted by atomic mass is 10.2. The normalized spacial score (nSPS) is 12.3. The zero-order valence-corrected chi connectivity index (χ0v) is 20.2. The summed E-state index contributed by atoms with van der Waals surface area (Å²) in [4.78, 5) is 32.8. The van der Waals surface area contributed by atoms with E-state index in [-0.39, 0.29) is 24.0 Å². The van der Waals surface area contributed by atoms with Gasteiger partial charge in [-0.05, 0) is 41.6 Å². The molecule has 2 aromatic carbocycles. The fourth-order valence-electron chi connectivity index (χ4n) is 3.79. The molecule has 1 aliphatic heterocycles. The maximum Gasteiger partial charge on any atom is 0.272 e. The summed E-state index contributed by atoms with van der Waals surface area (Å²) in [6.07, 6.45) is 0. The molecule has 0 fully saturated rings. The van der Waals surface area contributed by atoms with Gasteiger partial charge < -0.3 is 14.4 Å². The topological polar surface area (TPSA) is 73.7 Å². The van der Waals surface area contributed by atoms with Crippen molar-refractivity contribution in [2.24, 2.45) is 0 Å². The first kappa shape index (κ1) is 22.5. The van der Waals surface area contributed by atoms with Crippen molar-refractivity contribution in [3.05, 3.63) is 81.5 Å². The van der Waals surface area contributed by atoms with E-state index in [0.29, 0.717) is 46.5 Å². The summed E-state index contributed by atoms with van der Waals surface area (Å²) in [5, 5.41) is 2.39. The fraction of sp³-hybridized carbons (Fsp3) is 0.240. The van der Waals surface area contributed by atoms with Gasteiger partial charge in [0.25, 0.3) is 5.56 Å².